The number of morpholine rings is 1. The minimum Gasteiger partial charge on any atom is -0.480 e. The summed E-state index contributed by atoms with van der Waals surface area (Å²) in [5.74, 6) is -1.12. The predicted molar refractivity (Wildman–Crippen MR) is 63.0 cm³/mol. The number of hydrogen-bond donors (Lipinski definition) is 1. The Bertz CT molecular complexity index is 375. The molecule has 3 aliphatic rings. The molecule has 18 heavy (non-hydrogen) atoms. The van der Waals surface area contributed by atoms with E-state index < -0.39 is 11.4 Å². The molecule has 0 unspecified atom stereocenters. The van der Waals surface area contributed by atoms with Crippen LogP contribution in [0.2, 0.25) is 0 Å². The normalized spacial score (nSPS) is 33.7. The number of carbonyl (C=O) groups excluding carboxylic acids is 1. The van der Waals surface area contributed by atoms with Crippen molar-refractivity contribution in [2.45, 2.75) is 50.7 Å². The molecule has 0 radical (unpaired) electrons. The summed E-state index contributed by atoms with van der Waals surface area (Å²) in [6.45, 7) is 1.09. The topological polar surface area (TPSA) is 66.8 Å². The molecular formula is C13H19NO4. The molecule has 2 saturated carbocycles. The third-order valence-electron chi connectivity index (χ3n) is 4.56. The summed E-state index contributed by atoms with van der Waals surface area (Å²) in [5, 5.41) is 9.22. The van der Waals surface area contributed by atoms with E-state index in [1.165, 1.54) is 0 Å². The fourth-order valence-corrected chi connectivity index (χ4v) is 3.27. The summed E-state index contributed by atoms with van der Waals surface area (Å²) in [5.41, 5.74) is -1.10. The second kappa shape index (κ2) is 4.23. The highest BCUT2D eigenvalue weighted by atomic mass is 16.5. The maximum Gasteiger partial charge on any atom is 0.319 e. The van der Waals surface area contributed by atoms with Gasteiger partial charge in [-0.3, -0.25) is 9.59 Å². The number of carbonyl (C=O) groups is 2. The lowest BCUT2D eigenvalue weighted by Crippen LogP contribution is -2.57. The summed E-state index contributed by atoms with van der Waals surface area (Å²) in [4.78, 5) is 25.5. The zero-order chi connectivity index (χ0) is 12.8. The Labute approximate surface area is 106 Å². The van der Waals surface area contributed by atoms with E-state index in [-0.39, 0.29) is 18.1 Å². The molecule has 2 aliphatic carbocycles. The minimum atomic E-state index is -1.10. The molecule has 1 amide bonds. The van der Waals surface area contributed by atoms with Gasteiger partial charge in [0.1, 0.15) is 5.41 Å². The van der Waals surface area contributed by atoms with Crippen LogP contribution in [0, 0.1) is 5.41 Å². The van der Waals surface area contributed by atoms with E-state index in [2.05, 4.69) is 0 Å². The maximum atomic E-state index is 12.5. The molecule has 2 atom stereocenters. The molecule has 0 aromatic rings. The minimum absolute atomic E-state index is 0.108. The molecule has 5 heteroatoms. The first-order chi connectivity index (χ1) is 8.65. The molecule has 0 spiro atoms. The average Bonchev–Trinajstić information content (AvgIpc) is 3.19. The van der Waals surface area contributed by atoms with Crippen LogP contribution in [0.4, 0.5) is 0 Å². The van der Waals surface area contributed by atoms with Gasteiger partial charge in [-0.05, 0) is 25.7 Å². The Balaban J connectivity index is 1.78. The first-order valence-electron chi connectivity index (χ1n) is 6.81. The first kappa shape index (κ1) is 12.0. The van der Waals surface area contributed by atoms with E-state index >= 15 is 0 Å². The highest BCUT2D eigenvalue weighted by Gasteiger charge is 2.59. The fraction of sp³-hybridized carbons (Fsp3) is 0.846. The van der Waals surface area contributed by atoms with Crippen molar-refractivity contribution in [3.63, 3.8) is 0 Å². The van der Waals surface area contributed by atoms with Gasteiger partial charge in [-0.25, -0.2) is 0 Å². The molecular weight excluding hydrogens is 234 g/mol. The third-order valence-corrected chi connectivity index (χ3v) is 4.56. The van der Waals surface area contributed by atoms with Gasteiger partial charge in [-0.1, -0.05) is 12.8 Å². The molecule has 1 saturated heterocycles. The van der Waals surface area contributed by atoms with Crippen LogP contribution in [0.15, 0.2) is 0 Å². The number of aliphatic carboxylic acids is 1. The van der Waals surface area contributed by atoms with Gasteiger partial charge in [-0.15, -0.1) is 0 Å². The molecule has 3 rings (SSSR count). The van der Waals surface area contributed by atoms with Gasteiger partial charge in [0.25, 0.3) is 0 Å². The average molecular weight is 253 g/mol. The molecule has 5 nitrogen and oxygen atoms in total. The van der Waals surface area contributed by atoms with Crippen LogP contribution in [0.3, 0.4) is 0 Å². The number of rotatable bonds is 2. The molecule has 0 bridgehead atoms. The molecule has 1 aliphatic heterocycles. The van der Waals surface area contributed by atoms with Gasteiger partial charge < -0.3 is 14.7 Å². The van der Waals surface area contributed by atoms with Crippen molar-refractivity contribution in [2.75, 3.05) is 13.2 Å². The van der Waals surface area contributed by atoms with E-state index in [0.717, 1.165) is 25.7 Å². The highest BCUT2D eigenvalue weighted by molar-refractivity contribution is 6.05. The third kappa shape index (κ3) is 1.72. The fourth-order valence-electron chi connectivity index (χ4n) is 3.27. The van der Waals surface area contributed by atoms with E-state index in [0.29, 0.717) is 26.0 Å². The number of fused-ring (bicyclic) bond motifs is 1. The van der Waals surface area contributed by atoms with Crippen LogP contribution in [0.5, 0.6) is 0 Å². The van der Waals surface area contributed by atoms with Crippen molar-refractivity contribution < 1.29 is 19.4 Å². The smallest absolute Gasteiger partial charge is 0.319 e. The Morgan fingerprint density at radius 2 is 1.94 bits per heavy atom. The first-order valence-corrected chi connectivity index (χ1v) is 6.81. The summed E-state index contributed by atoms with van der Waals surface area (Å²) >= 11 is 0. The summed E-state index contributed by atoms with van der Waals surface area (Å²) < 4.78 is 5.71. The van der Waals surface area contributed by atoms with Crippen molar-refractivity contribution in [1.82, 2.24) is 4.90 Å². The largest absolute Gasteiger partial charge is 0.480 e. The number of carboxylic acid groups (broad SMARTS) is 1. The summed E-state index contributed by atoms with van der Waals surface area (Å²) in [7, 11) is 0. The van der Waals surface area contributed by atoms with Crippen LogP contribution in [0.25, 0.3) is 0 Å². The molecule has 0 aromatic carbocycles. The lowest BCUT2D eigenvalue weighted by Gasteiger charge is -2.44. The van der Waals surface area contributed by atoms with Gasteiger partial charge in [-0.2, -0.15) is 0 Å². The van der Waals surface area contributed by atoms with Crippen LogP contribution >= 0.6 is 0 Å². The van der Waals surface area contributed by atoms with E-state index in [9.17, 15) is 14.7 Å². The molecule has 3 fully saturated rings. The SMILES string of the molecule is O=C(O)C1(C(=O)N2CCO[C@H]3CCCC[C@H]32)CC1. The Morgan fingerprint density at radius 3 is 2.61 bits per heavy atom. The standard InChI is InChI=1S/C13H19NO4/c15-11(13(5-6-13)12(16)17)14-7-8-18-10-4-2-1-3-9(10)14/h9-10H,1-8H2,(H,16,17)/t9-,10+/m1/s1. The lowest BCUT2D eigenvalue weighted by atomic mass is 9.89. The van der Waals surface area contributed by atoms with Gasteiger partial charge >= 0.3 is 5.97 Å². The van der Waals surface area contributed by atoms with Gasteiger partial charge in [0.15, 0.2) is 0 Å². The quantitative estimate of drug-likeness (QED) is 0.746. The van der Waals surface area contributed by atoms with E-state index in [1.54, 1.807) is 4.90 Å². The number of amides is 1. The summed E-state index contributed by atoms with van der Waals surface area (Å²) in [6, 6.07) is 0.108. The van der Waals surface area contributed by atoms with E-state index in [4.69, 9.17) is 4.74 Å². The number of nitrogens with zero attached hydrogens (tertiary/aromatic N) is 1. The molecule has 1 heterocycles. The highest BCUT2D eigenvalue weighted by Crippen LogP contribution is 2.48. The van der Waals surface area contributed by atoms with Crippen LogP contribution in [0.1, 0.15) is 38.5 Å². The van der Waals surface area contributed by atoms with Crippen LogP contribution in [-0.4, -0.2) is 47.2 Å². The van der Waals surface area contributed by atoms with Crippen LogP contribution < -0.4 is 0 Å². The number of hydrogen-bond acceptors (Lipinski definition) is 3. The van der Waals surface area contributed by atoms with Crippen molar-refractivity contribution in [1.29, 1.82) is 0 Å². The Morgan fingerprint density at radius 1 is 1.22 bits per heavy atom. The Hall–Kier alpha value is -1.10. The van der Waals surface area contributed by atoms with Gasteiger partial charge in [0.2, 0.25) is 5.91 Å². The van der Waals surface area contributed by atoms with Crippen molar-refractivity contribution in [2.24, 2.45) is 5.41 Å². The van der Waals surface area contributed by atoms with E-state index in [1.807, 2.05) is 0 Å². The predicted octanol–water partition coefficient (Wildman–Crippen LogP) is 1.02. The molecule has 1 N–H and O–H groups in total. The zero-order valence-corrected chi connectivity index (χ0v) is 10.4. The Kier molecular flexibility index (Phi) is 2.81. The van der Waals surface area contributed by atoms with Crippen molar-refractivity contribution >= 4 is 11.9 Å². The molecule has 100 valence electrons. The number of ether oxygens (including phenoxy) is 1. The summed E-state index contributed by atoms with van der Waals surface area (Å²) in [6.07, 6.45) is 5.31. The number of carboxylic acids is 1. The second-order valence-corrected chi connectivity index (χ2v) is 5.65. The van der Waals surface area contributed by atoms with Crippen molar-refractivity contribution in [3.8, 4) is 0 Å². The van der Waals surface area contributed by atoms with Crippen molar-refractivity contribution in [3.05, 3.63) is 0 Å². The monoisotopic (exact) mass is 253 g/mol. The molecule has 0 aromatic heterocycles. The van der Waals surface area contributed by atoms with Gasteiger partial charge in [0, 0.05) is 6.54 Å². The second-order valence-electron chi connectivity index (χ2n) is 5.65. The van der Waals surface area contributed by atoms with Crippen LogP contribution in [-0.2, 0) is 14.3 Å². The lowest BCUT2D eigenvalue weighted by molar-refractivity contribution is -0.163. The zero-order valence-electron chi connectivity index (χ0n) is 10.4. The maximum absolute atomic E-state index is 12.5. The van der Waals surface area contributed by atoms with Gasteiger partial charge in [0.05, 0.1) is 18.8 Å².